The van der Waals surface area contributed by atoms with Gasteiger partial charge < -0.3 is 13.7 Å². The summed E-state index contributed by atoms with van der Waals surface area (Å²) in [5.74, 6) is 0. The van der Waals surface area contributed by atoms with Crippen LogP contribution in [0.2, 0.25) is 0 Å². The maximum Gasteiger partial charge on any atom is 0.213 e. The molecule has 0 aliphatic rings. The Labute approximate surface area is 334 Å². The third kappa shape index (κ3) is 5.02. The smallest absolute Gasteiger partial charge is 0.213 e. The Bertz CT molecular complexity index is 3490. The second-order valence-electron chi connectivity index (χ2n) is 14.9. The van der Waals surface area contributed by atoms with Crippen molar-refractivity contribution in [3.63, 3.8) is 0 Å². The Morgan fingerprint density at radius 1 is 0.362 bits per heavy atom. The summed E-state index contributed by atoms with van der Waals surface area (Å²) in [7, 11) is 0. The van der Waals surface area contributed by atoms with Crippen LogP contribution in [0.1, 0.15) is 0 Å². The lowest BCUT2D eigenvalue weighted by atomic mass is 9.97. The molecule has 58 heavy (non-hydrogen) atoms. The summed E-state index contributed by atoms with van der Waals surface area (Å²) in [5, 5.41) is 8.12. The van der Waals surface area contributed by atoms with Crippen LogP contribution in [0.25, 0.3) is 93.6 Å². The van der Waals surface area contributed by atoms with Crippen LogP contribution >= 0.6 is 0 Å². The molecule has 4 nitrogen and oxygen atoms in total. The molecule has 0 atom stereocenters. The molecule has 0 aliphatic carbocycles. The quantitative estimate of drug-likeness (QED) is 0.170. The lowest BCUT2D eigenvalue weighted by Crippen LogP contribution is -2.09. The molecule has 0 saturated heterocycles. The van der Waals surface area contributed by atoms with Gasteiger partial charge in [-0.1, -0.05) is 133 Å². The van der Waals surface area contributed by atoms with Gasteiger partial charge in [0, 0.05) is 50.4 Å². The number of para-hydroxylation sites is 3. The Balaban J connectivity index is 1.000. The number of hydrogen-bond donors (Lipinski definition) is 0. The van der Waals surface area contributed by atoms with E-state index in [1.165, 1.54) is 27.3 Å². The largest absolute Gasteiger partial charge is 0.456 e. The summed E-state index contributed by atoms with van der Waals surface area (Å²) in [6, 6.07) is 73.1. The van der Waals surface area contributed by atoms with Gasteiger partial charge in [-0.3, -0.25) is 4.57 Å². The molecule has 0 aliphatic heterocycles. The minimum atomic E-state index is 0.852. The van der Waals surface area contributed by atoms with Crippen molar-refractivity contribution in [1.29, 1.82) is 0 Å². The molecule has 0 fully saturated rings. The van der Waals surface area contributed by atoms with Crippen molar-refractivity contribution >= 4 is 82.7 Å². The van der Waals surface area contributed by atoms with Crippen molar-refractivity contribution < 1.29 is 8.83 Å². The number of nitrogens with zero attached hydrogens (tertiary/aromatic N) is 2. The minimum absolute atomic E-state index is 0.852. The summed E-state index contributed by atoms with van der Waals surface area (Å²) in [4.78, 5) is 2.31. The van der Waals surface area contributed by atoms with Crippen LogP contribution in [0, 0.1) is 0 Å². The molecule has 0 unspecified atom stereocenters. The number of fused-ring (bicyclic) bond motifs is 9. The highest BCUT2D eigenvalue weighted by atomic mass is 16.3. The van der Waals surface area contributed by atoms with Crippen LogP contribution in [-0.4, -0.2) is 4.57 Å². The highest BCUT2D eigenvalue weighted by Gasteiger charge is 2.22. The monoisotopic (exact) mass is 742 g/mol. The molecule has 0 amide bonds. The van der Waals surface area contributed by atoms with E-state index in [1.807, 2.05) is 18.2 Å². The second-order valence-corrected chi connectivity index (χ2v) is 14.9. The topological polar surface area (TPSA) is 34.5 Å². The van der Waals surface area contributed by atoms with Crippen molar-refractivity contribution in [2.24, 2.45) is 0 Å². The Kier molecular flexibility index (Phi) is 7.20. The Hall–Kier alpha value is -7.82. The van der Waals surface area contributed by atoms with Gasteiger partial charge in [-0.05, 0) is 99.8 Å². The van der Waals surface area contributed by atoms with Crippen LogP contribution in [0.5, 0.6) is 0 Å². The standard InChI is InChI=1S/C54H34N2O2/c1-2-14-38(15-3-1)56-48-21-8-6-18-47(48)53-52-44(20-11-23-50(52)58-54(53)56)37-26-30-40(31-27-37)55(41-32-33-46-45-17-7-9-22-49(45)57-51(46)34-41)39-28-24-36(25-29-39)43-19-10-13-35-12-4-5-16-42(35)43/h1-34H. The molecule has 12 aromatic rings. The van der Waals surface area contributed by atoms with Gasteiger partial charge in [-0.25, -0.2) is 0 Å². The number of anilines is 3. The lowest BCUT2D eigenvalue weighted by Gasteiger charge is -2.26. The van der Waals surface area contributed by atoms with E-state index < -0.39 is 0 Å². The maximum absolute atomic E-state index is 6.73. The van der Waals surface area contributed by atoms with Crippen molar-refractivity contribution in [1.82, 2.24) is 4.57 Å². The van der Waals surface area contributed by atoms with Crippen LogP contribution in [0.4, 0.5) is 17.1 Å². The van der Waals surface area contributed by atoms with E-state index >= 15 is 0 Å². The van der Waals surface area contributed by atoms with Gasteiger partial charge in [0.15, 0.2) is 0 Å². The predicted molar refractivity (Wildman–Crippen MR) is 241 cm³/mol. The molecule has 0 N–H and O–H groups in total. The third-order valence-electron chi connectivity index (χ3n) is 11.6. The molecule has 272 valence electrons. The average molecular weight is 743 g/mol. The highest BCUT2D eigenvalue weighted by molar-refractivity contribution is 6.23. The molecular formula is C54H34N2O2. The van der Waals surface area contributed by atoms with Crippen LogP contribution in [0.3, 0.4) is 0 Å². The van der Waals surface area contributed by atoms with Crippen molar-refractivity contribution in [2.45, 2.75) is 0 Å². The Morgan fingerprint density at radius 2 is 0.948 bits per heavy atom. The molecule has 9 aromatic carbocycles. The molecular weight excluding hydrogens is 709 g/mol. The van der Waals surface area contributed by atoms with Crippen LogP contribution < -0.4 is 4.90 Å². The zero-order valence-electron chi connectivity index (χ0n) is 31.3. The van der Waals surface area contributed by atoms with Gasteiger partial charge in [-0.15, -0.1) is 0 Å². The van der Waals surface area contributed by atoms with Gasteiger partial charge in [0.05, 0.1) is 10.9 Å². The van der Waals surface area contributed by atoms with E-state index in [9.17, 15) is 0 Å². The van der Waals surface area contributed by atoms with Gasteiger partial charge >= 0.3 is 0 Å². The fourth-order valence-electron chi connectivity index (χ4n) is 8.97. The minimum Gasteiger partial charge on any atom is -0.456 e. The molecule has 12 rings (SSSR count). The SMILES string of the molecule is c1ccc(-n2c3ccccc3c3c4c(-c5ccc(N(c6ccc(-c7cccc8ccccc78)cc6)c6ccc7c(c6)oc6ccccc67)cc5)cccc4oc32)cc1. The first kappa shape index (κ1) is 32.4. The van der Waals surface area contributed by atoms with Gasteiger partial charge in [0.25, 0.3) is 0 Å². The summed E-state index contributed by atoms with van der Waals surface area (Å²) in [6.07, 6.45) is 0. The summed E-state index contributed by atoms with van der Waals surface area (Å²) >= 11 is 0. The molecule has 3 heterocycles. The van der Waals surface area contributed by atoms with Gasteiger partial charge in [-0.2, -0.15) is 0 Å². The summed E-state index contributed by atoms with van der Waals surface area (Å²) in [5.41, 5.74) is 13.4. The average Bonchev–Trinajstić information content (AvgIpc) is 3.96. The first-order valence-corrected chi connectivity index (χ1v) is 19.7. The van der Waals surface area contributed by atoms with E-state index in [-0.39, 0.29) is 0 Å². The fourth-order valence-corrected chi connectivity index (χ4v) is 8.97. The molecule has 0 saturated carbocycles. The highest BCUT2D eigenvalue weighted by Crippen LogP contribution is 2.45. The van der Waals surface area contributed by atoms with Crippen molar-refractivity contribution in [3.05, 3.63) is 206 Å². The molecule has 0 radical (unpaired) electrons. The van der Waals surface area contributed by atoms with Gasteiger partial charge in [0.2, 0.25) is 5.71 Å². The molecule has 0 spiro atoms. The number of rotatable bonds is 6. The number of benzene rings is 9. The van der Waals surface area contributed by atoms with E-state index in [4.69, 9.17) is 8.83 Å². The van der Waals surface area contributed by atoms with Crippen molar-refractivity contribution in [2.75, 3.05) is 4.90 Å². The number of furan rings is 2. The van der Waals surface area contributed by atoms with E-state index in [1.54, 1.807) is 0 Å². The normalized spacial score (nSPS) is 11.8. The predicted octanol–water partition coefficient (Wildman–Crippen LogP) is 15.4. The molecule has 3 aromatic heterocycles. The summed E-state index contributed by atoms with van der Waals surface area (Å²) < 4.78 is 15.4. The number of aromatic nitrogens is 1. The zero-order chi connectivity index (χ0) is 38.2. The van der Waals surface area contributed by atoms with Gasteiger partial charge in [0.1, 0.15) is 16.7 Å². The second kappa shape index (κ2) is 12.9. The van der Waals surface area contributed by atoms with Crippen LogP contribution in [0.15, 0.2) is 215 Å². The first-order chi connectivity index (χ1) is 28.8. The van der Waals surface area contributed by atoms with E-state index in [2.05, 4.69) is 198 Å². The molecule has 0 bridgehead atoms. The zero-order valence-corrected chi connectivity index (χ0v) is 31.3. The molecule has 4 heteroatoms. The van der Waals surface area contributed by atoms with E-state index in [0.29, 0.717) is 0 Å². The number of hydrogen-bond acceptors (Lipinski definition) is 3. The first-order valence-electron chi connectivity index (χ1n) is 19.7. The Morgan fingerprint density at radius 3 is 1.76 bits per heavy atom. The summed E-state index contributed by atoms with van der Waals surface area (Å²) in [6.45, 7) is 0. The lowest BCUT2D eigenvalue weighted by molar-refractivity contribution is 0.645. The maximum atomic E-state index is 6.73. The van der Waals surface area contributed by atoms with E-state index in [0.717, 1.165) is 83.4 Å². The van der Waals surface area contributed by atoms with Crippen molar-refractivity contribution in [3.8, 4) is 27.9 Å². The van der Waals surface area contributed by atoms with Crippen LogP contribution in [-0.2, 0) is 0 Å². The fraction of sp³-hybridized carbons (Fsp3) is 0. The third-order valence-corrected chi connectivity index (χ3v) is 11.6.